The van der Waals surface area contributed by atoms with E-state index in [-0.39, 0.29) is 18.6 Å². The molecule has 0 radical (unpaired) electrons. The van der Waals surface area contributed by atoms with Crippen LogP contribution < -0.4 is 5.32 Å². The number of aliphatic hydroxyl groups is 1. The van der Waals surface area contributed by atoms with Crippen LogP contribution in [0.4, 0.5) is 0 Å². The fourth-order valence-electron chi connectivity index (χ4n) is 2.04. The molecule has 4 nitrogen and oxygen atoms in total. The van der Waals surface area contributed by atoms with Gasteiger partial charge in [-0.25, -0.2) is 0 Å². The molecule has 0 heterocycles. The molecule has 3 unspecified atom stereocenters. The highest BCUT2D eigenvalue weighted by molar-refractivity contribution is 5.66. The molecule has 4 heteroatoms. The van der Waals surface area contributed by atoms with Gasteiger partial charge < -0.3 is 15.5 Å². The molecule has 1 aliphatic carbocycles. The second kappa shape index (κ2) is 6.08. The van der Waals surface area contributed by atoms with Crippen LogP contribution in [0.5, 0.6) is 0 Å². The summed E-state index contributed by atoms with van der Waals surface area (Å²) in [7, 11) is 0. The van der Waals surface area contributed by atoms with Gasteiger partial charge in [-0.3, -0.25) is 4.79 Å². The van der Waals surface area contributed by atoms with Gasteiger partial charge in [0.1, 0.15) is 0 Å². The molecule has 88 valence electrons. The van der Waals surface area contributed by atoms with E-state index in [2.05, 4.69) is 5.32 Å². The van der Waals surface area contributed by atoms with Crippen molar-refractivity contribution in [3.8, 4) is 0 Å². The molecule has 0 spiro atoms. The molecule has 0 aromatic rings. The van der Waals surface area contributed by atoms with E-state index in [0.29, 0.717) is 12.3 Å². The normalized spacial score (nSPS) is 27.9. The van der Waals surface area contributed by atoms with Crippen LogP contribution in [0, 0.1) is 5.92 Å². The lowest BCUT2D eigenvalue weighted by Gasteiger charge is -2.16. The average molecular weight is 215 g/mol. The molecule has 1 fully saturated rings. The standard InChI is InChI=1S/C11H21NO3/c1-8(2-5-11(14)15)12-7-9-3-4-10(13)6-9/h8-10,12-13H,2-7H2,1H3,(H,14,15). The zero-order chi connectivity index (χ0) is 11.3. The minimum absolute atomic E-state index is 0.119. The van der Waals surface area contributed by atoms with Crippen LogP contribution in [0.3, 0.4) is 0 Å². The first kappa shape index (κ1) is 12.5. The molecule has 1 rings (SSSR count). The van der Waals surface area contributed by atoms with E-state index in [4.69, 9.17) is 5.11 Å². The number of carboxylic acids is 1. The van der Waals surface area contributed by atoms with Crippen LogP contribution >= 0.6 is 0 Å². The Labute approximate surface area is 90.7 Å². The molecule has 0 amide bonds. The number of rotatable bonds is 6. The monoisotopic (exact) mass is 215 g/mol. The van der Waals surface area contributed by atoms with Crippen molar-refractivity contribution < 1.29 is 15.0 Å². The fraction of sp³-hybridized carbons (Fsp3) is 0.909. The van der Waals surface area contributed by atoms with Crippen molar-refractivity contribution in [2.45, 2.75) is 51.2 Å². The fourth-order valence-corrected chi connectivity index (χ4v) is 2.04. The van der Waals surface area contributed by atoms with E-state index in [9.17, 15) is 9.90 Å². The van der Waals surface area contributed by atoms with Gasteiger partial charge in [0.05, 0.1) is 6.10 Å². The number of hydrogen-bond donors (Lipinski definition) is 3. The number of aliphatic carboxylic acids is 1. The Morgan fingerprint density at radius 3 is 2.80 bits per heavy atom. The van der Waals surface area contributed by atoms with Crippen molar-refractivity contribution in [1.29, 1.82) is 0 Å². The van der Waals surface area contributed by atoms with Crippen molar-refractivity contribution in [2.24, 2.45) is 5.92 Å². The second-order valence-electron chi connectivity index (χ2n) is 4.57. The van der Waals surface area contributed by atoms with Crippen LogP contribution in [0.15, 0.2) is 0 Å². The predicted molar refractivity (Wildman–Crippen MR) is 57.7 cm³/mol. The maximum Gasteiger partial charge on any atom is 0.303 e. The quantitative estimate of drug-likeness (QED) is 0.618. The van der Waals surface area contributed by atoms with E-state index in [0.717, 1.165) is 25.8 Å². The highest BCUT2D eigenvalue weighted by Gasteiger charge is 2.22. The Morgan fingerprint density at radius 1 is 1.53 bits per heavy atom. The Balaban J connectivity index is 2.06. The minimum atomic E-state index is -0.736. The summed E-state index contributed by atoms with van der Waals surface area (Å²) in [6.45, 7) is 2.91. The molecule has 3 atom stereocenters. The summed E-state index contributed by atoms with van der Waals surface area (Å²) in [5, 5.41) is 21.2. The van der Waals surface area contributed by atoms with Crippen molar-refractivity contribution in [3.05, 3.63) is 0 Å². The summed E-state index contributed by atoms with van der Waals surface area (Å²) in [6.07, 6.45) is 3.66. The van der Waals surface area contributed by atoms with Gasteiger partial charge in [-0.15, -0.1) is 0 Å². The van der Waals surface area contributed by atoms with Gasteiger partial charge >= 0.3 is 5.97 Å². The number of aliphatic hydroxyl groups excluding tert-OH is 1. The van der Waals surface area contributed by atoms with Gasteiger partial charge in [-0.05, 0) is 45.1 Å². The minimum Gasteiger partial charge on any atom is -0.481 e. The summed E-state index contributed by atoms with van der Waals surface area (Å²) in [5.41, 5.74) is 0. The first-order valence-electron chi connectivity index (χ1n) is 5.71. The van der Waals surface area contributed by atoms with Crippen LogP contribution in [-0.2, 0) is 4.79 Å². The largest absolute Gasteiger partial charge is 0.481 e. The van der Waals surface area contributed by atoms with Gasteiger partial charge in [0.2, 0.25) is 0 Å². The molecule has 1 saturated carbocycles. The van der Waals surface area contributed by atoms with Crippen LogP contribution in [0.25, 0.3) is 0 Å². The predicted octanol–water partition coefficient (Wildman–Crippen LogP) is 0.990. The van der Waals surface area contributed by atoms with Crippen molar-refractivity contribution in [2.75, 3.05) is 6.54 Å². The van der Waals surface area contributed by atoms with Gasteiger partial charge in [-0.2, -0.15) is 0 Å². The van der Waals surface area contributed by atoms with Gasteiger partial charge in [0.25, 0.3) is 0 Å². The Bertz CT molecular complexity index is 208. The molecule has 1 aliphatic rings. The van der Waals surface area contributed by atoms with E-state index < -0.39 is 5.97 Å². The van der Waals surface area contributed by atoms with E-state index in [1.54, 1.807) is 0 Å². The number of hydrogen-bond acceptors (Lipinski definition) is 3. The second-order valence-corrected chi connectivity index (χ2v) is 4.57. The molecule has 0 aliphatic heterocycles. The maximum atomic E-state index is 10.3. The smallest absolute Gasteiger partial charge is 0.303 e. The van der Waals surface area contributed by atoms with Gasteiger partial charge in [0, 0.05) is 12.5 Å². The lowest BCUT2D eigenvalue weighted by atomic mass is 10.1. The number of nitrogens with one attached hydrogen (secondary N) is 1. The van der Waals surface area contributed by atoms with Crippen LogP contribution in [0.1, 0.15) is 39.0 Å². The highest BCUT2D eigenvalue weighted by atomic mass is 16.4. The molecule has 15 heavy (non-hydrogen) atoms. The maximum absolute atomic E-state index is 10.3. The highest BCUT2D eigenvalue weighted by Crippen LogP contribution is 2.24. The summed E-state index contributed by atoms with van der Waals surface area (Å²) in [5.74, 6) is -0.174. The number of carboxylic acid groups (broad SMARTS) is 1. The van der Waals surface area contributed by atoms with E-state index in [1.807, 2.05) is 6.92 Å². The third-order valence-corrected chi connectivity index (χ3v) is 3.06. The average Bonchev–Trinajstić information content (AvgIpc) is 2.58. The lowest BCUT2D eigenvalue weighted by Crippen LogP contribution is -2.31. The zero-order valence-electron chi connectivity index (χ0n) is 9.28. The SMILES string of the molecule is CC(CCC(=O)O)NCC1CCC(O)C1. The van der Waals surface area contributed by atoms with Gasteiger partial charge in [-0.1, -0.05) is 0 Å². The molecule has 0 aromatic carbocycles. The Kier molecular flexibility index (Phi) is 5.05. The van der Waals surface area contributed by atoms with Crippen molar-refractivity contribution in [3.63, 3.8) is 0 Å². The third-order valence-electron chi connectivity index (χ3n) is 3.06. The number of carbonyl (C=O) groups is 1. The topological polar surface area (TPSA) is 69.6 Å². The molecular weight excluding hydrogens is 194 g/mol. The Hall–Kier alpha value is -0.610. The molecular formula is C11H21NO3. The van der Waals surface area contributed by atoms with Crippen molar-refractivity contribution >= 4 is 5.97 Å². The van der Waals surface area contributed by atoms with Crippen molar-refractivity contribution in [1.82, 2.24) is 5.32 Å². The summed E-state index contributed by atoms with van der Waals surface area (Å²) >= 11 is 0. The third kappa shape index (κ3) is 5.14. The Morgan fingerprint density at radius 2 is 2.27 bits per heavy atom. The first-order valence-corrected chi connectivity index (χ1v) is 5.71. The summed E-state index contributed by atoms with van der Waals surface area (Å²) in [4.78, 5) is 10.3. The molecule has 3 N–H and O–H groups in total. The van der Waals surface area contributed by atoms with E-state index >= 15 is 0 Å². The first-order chi connectivity index (χ1) is 7.08. The van der Waals surface area contributed by atoms with Crippen LogP contribution in [0.2, 0.25) is 0 Å². The summed E-state index contributed by atoms with van der Waals surface area (Å²) < 4.78 is 0. The zero-order valence-corrected chi connectivity index (χ0v) is 9.28. The van der Waals surface area contributed by atoms with Crippen LogP contribution in [-0.4, -0.2) is 34.9 Å². The van der Waals surface area contributed by atoms with Gasteiger partial charge in [0.15, 0.2) is 0 Å². The molecule has 0 bridgehead atoms. The summed E-state index contributed by atoms with van der Waals surface area (Å²) in [6, 6.07) is 0.249. The lowest BCUT2D eigenvalue weighted by molar-refractivity contribution is -0.137. The molecule has 0 aromatic heterocycles. The molecule has 0 saturated heterocycles. The van der Waals surface area contributed by atoms with E-state index in [1.165, 1.54) is 0 Å².